The minimum atomic E-state index is -0.991. The molecule has 0 aliphatic rings. The molecule has 3 nitrogen and oxygen atoms in total. The Morgan fingerprint density at radius 2 is 2.25 bits per heavy atom. The van der Waals surface area contributed by atoms with Crippen LogP contribution in [0, 0.1) is 12.7 Å². The van der Waals surface area contributed by atoms with Crippen LogP contribution in [0.4, 0.5) is 4.39 Å². The van der Waals surface area contributed by atoms with Crippen LogP contribution in [0.1, 0.15) is 28.5 Å². The maximum Gasteiger partial charge on any atom is 0.223 e. The number of carbonyl (C=O) groups excluding carboxylic acids is 1. The predicted octanol–water partition coefficient (Wildman–Crippen LogP) is 2.94. The maximum atomic E-state index is 13.0. The molecule has 2 aromatic rings. The van der Waals surface area contributed by atoms with Gasteiger partial charge in [-0.1, -0.05) is 12.1 Å². The molecule has 0 bridgehead atoms. The van der Waals surface area contributed by atoms with Crippen LogP contribution in [-0.2, 0) is 11.3 Å². The topological polar surface area (TPSA) is 49.3 Å². The Kier molecular flexibility index (Phi) is 4.87. The maximum absolute atomic E-state index is 13.0. The molecule has 1 aromatic heterocycles. The van der Waals surface area contributed by atoms with Gasteiger partial charge in [-0.25, -0.2) is 4.39 Å². The Bertz CT molecular complexity index is 597. The summed E-state index contributed by atoms with van der Waals surface area (Å²) >= 11 is 1.58. The first-order valence-corrected chi connectivity index (χ1v) is 7.17. The number of hydrogen-bond donors (Lipinski definition) is 2. The van der Waals surface area contributed by atoms with E-state index in [2.05, 4.69) is 5.32 Å². The predicted molar refractivity (Wildman–Crippen MR) is 76.9 cm³/mol. The molecule has 0 radical (unpaired) electrons. The lowest BCUT2D eigenvalue weighted by Crippen LogP contribution is -2.24. The number of thiophene rings is 1. The van der Waals surface area contributed by atoms with Gasteiger partial charge in [0.2, 0.25) is 5.91 Å². The van der Waals surface area contributed by atoms with Gasteiger partial charge in [0.25, 0.3) is 0 Å². The fourth-order valence-electron chi connectivity index (χ4n) is 1.84. The molecular formula is C15H16FNO2S. The van der Waals surface area contributed by atoms with E-state index in [-0.39, 0.29) is 12.3 Å². The summed E-state index contributed by atoms with van der Waals surface area (Å²) in [5, 5.41) is 14.6. The molecule has 0 fully saturated rings. The third kappa shape index (κ3) is 3.88. The lowest BCUT2D eigenvalue weighted by Gasteiger charge is -2.11. The van der Waals surface area contributed by atoms with Crippen LogP contribution >= 0.6 is 11.3 Å². The molecule has 0 saturated heterocycles. The summed E-state index contributed by atoms with van der Waals surface area (Å²) in [6.07, 6.45) is -1.07. The number of carbonyl (C=O) groups is 1. The minimum Gasteiger partial charge on any atom is -0.388 e. The first kappa shape index (κ1) is 14.7. The van der Waals surface area contributed by atoms with Crippen molar-refractivity contribution >= 4 is 17.2 Å². The normalized spacial score (nSPS) is 12.2. The molecule has 20 heavy (non-hydrogen) atoms. The largest absolute Gasteiger partial charge is 0.388 e. The quantitative estimate of drug-likeness (QED) is 0.890. The van der Waals surface area contributed by atoms with Crippen molar-refractivity contribution < 1.29 is 14.3 Å². The zero-order valence-corrected chi connectivity index (χ0v) is 11.9. The average Bonchev–Trinajstić information content (AvgIpc) is 2.82. The molecule has 1 amide bonds. The lowest BCUT2D eigenvalue weighted by molar-refractivity contribution is -0.123. The highest BCUT2D eigenvalue weighted by Gasteiger charge is 2.13. The third-order valence-corrected chi connectivity index (χ3v) is 4.05. The second kappa shape index (κ2) is 6.63. The summed E-state index contributed by atoms with van der Waals surface area (Å²) in [6, 6.07) is 7.65. The molecule has 0 aliphatic heterocycles. The summed E-state index contributed by atoms with van der Waals surface area (Å²) in [5.74, 6) is -0.675. The van der Waals surface area contributed by atoms with Crippen LogP contribution in [0.5, 0.6) is 0 Å². The second-order valence-electron chi connectivity index (χ2n) is 4.58. The molecule has 1 atom stereocenters. The monoisotopic (exact) mass is 293 g/mol. The first-order valence-electron chi connectivity index (χ1n) is 6.29. The van der Waals surface area contributed by atoms with Gasteiger partial charge >= 0.3 is 0 Å². The fraction of sp³-hybridized carbons (Fsp3) is 0.267. The summed E-state index contributed by atoms with van der Waals surface area (Å²) in [5.41, 5.74) is 1.55. The molecule has 5 heteroatoms. The van der Waals surface area contributed by atoms with Crippen LogP contribution in [0.15, 0.2) is 35.7 Å². The van der Waals surface area contributed by atoms with Crippen LogP contribution in [0.2, 0.25) is 0 Å². The van der Waals surface area contributed by atoms with Crippen molar-refractivity contribution in [2.45, 2.75) is 26.0 Å². The zero-order valence-electron chi connectivity index (χ0n) is 11.1. The first-order chi connectivity index (χ1) is 9.56. The van der Waals surface area contributed by atoms with Gasteiger partial charge in [0.05, 0.1) is 19.1 Å². The lowest BCUT2D eigenvalue weighted by atomic mass is 10.1. The van der Waals surface area contributed by atoms with Crippen molar-refractivity contribution in [3.63, 3.8) is 0 Å². The van der Waals surface area contributed by atoms with E-state index in [9.17, 15) is 14.3 Å². The number of halogens is 1. The van der Waals surface area contributed by atoms with Crippen LogP contribution < -0.4 is 5.32 Å². The number of hydrogen-bond acceptors (Lipinski definition) is 3. The van der Waals surface area contributed by atoms with E-state index in [1.165, 1.54) is 18.2 Å². The summed E-state index contributed by atoms with van der Waals surface area (Å²) in [6.45, 7) is 2.44. The van der Waals surface area contributed by atoms with Gasteiger partial charge in [0.1, 0.15) is 5.82 Å². The van der Waals surface area contributed by atoms with Gasteiger partial charge in [0.15, 0.2) is 0 Å². The van der Waals surface area contributed by atoms with Crippen molar-refractivity contribution in [1.29, 1.82) is 0 Å². The third-order valence-electron chi connectivity index (χ3n) is 3.03. The van der Waals surface area contributed by atoms with Gasteiger partial charge in [-0.3, -0.25) is 4.79 Å². The second-order valence-corrected chi connectivity index (χ2v) is 5.58. The molecule has 1 aromatic carbocycles. The van der Waals surface area contributed by atoms with E-state index < -0.39 is 11.9 Å². The van der Waals surface area contributed by atoms with Gasteiger partial charge < -0.3 is 10.4 Å². The van der Waals surface area contributed by atoms with Gasteiger partial charge in [-0.05, 0) is 41.6 Å². The summed E-state index contributed by atoms with van der Waals surface area (Å²) in [4.78, 5) is 12.9. The fourth-order valence-corrected chi connectivity index (χ4v) is 2.69. The number of rotatable bonds is 5. The van der Waals surface area contributed by atoms with Crippen molar-refractivity contribution in [1.82, 2.24) is 5.32 Å². The summed E-state index contributed by atoms with van der Waals surface area (Å²) in [7, 11) is 0. The molecule has 1 unspecified atom stereocenters. The van der Waals surface area contributed by atoms with E-state index in [1.54, 1.807) is 17.4 Å². The number of aliphatic hydroxyl groups excluding tert-OH is 1. The minimum absolute atomic E-state index is 0.0755. The van der Waals surface area contributed by atoms with E-state index >= 15 is 0 Å². The van der Waals surface area contributed by atoms with E-state index in [1.807, 2.05) is 18.4 Å². The molecular weight excluding hydrogens is 277 g/mol. The molecule has 0 spiro atoms. The average molecular weight is 293 g/mol. The zero-order chi connectivity index (χ0) is 14.5. The van der Waals surface area contributed by atoms with Crippen LogP contribution in [-0.4, -0.2) is 11.0 Å². The number of nitrogens with one attached hydrogen (secondary N) is 1. The Labute approximate surface area is 121 Å². The highest BCUT2D eigenvalue weighted by Crippen LogP contribution is 2.18. The summed E-state index contributed by atoms with van der Waals surface area (Å²) < 4.78 is 13.0. The van der Waals surface area contributed by atoms with E-state index in [4.69, 9.17) is 0 Å². The van der Waals surface area contributed by atoms with Crippen LogP contribution in [0.25, 0.3) is 0 Å². The number of aryl methyl sites for hydroxylation is 1. The number of amides is 1. The molecule has 2 N–H and O–H groups in total. The highest BCUT2D eigenvalue weighted by molar-refractivity contribution is 7.10. The Balaban J connectivity index is 1.87. The van der Waals surface area contributed by atoms with Gasteiger partial charge in [-0.15, -0.1) is 11.3 Å². The Hall–Kier alpha value is -1.72. The number of aliphatic hydroxyl groups is 1. The van der Waals surface area contributed by atoms with Crippen molar-refractivity contribution in [3.8, 4) is 0 Å². The number of benzene rings is 1. The smallest absolute Gasteiger partial charge is 0.223 e. The van der Waals surface area contributed by atoms with Crippen molar-refractivity contribution in [2.24, 2.45) is 0 Å². The van der Waals surface area contributed by atoms with E-state index in [0.29, 0.717) is 12.1 Å². The standard InChI is InChI=1S/C15H16FNO2S/c1-10-5-6-20-14(10)9-17-15(19)8-13(18)11-3-2-4-12(16)7-11/h2-7,13,18H,8-9H2,1H3,(H,17,19). The van der Waals surface area contributed by atoms with Gasteiger partial charge in [-0.2, -0.15) is 0 Å². The molecule has 2 rings (SSSR count). The van der Waals surface area contributed by atoms with Gasteiger partial charge in [0, 0.05) is 4.88 Å². The molecule has 0 aliphatic carbocycles. The Morgan fingerprint density at radius 3 is 2.90 bits per heavy atom. The molecule has 106 valence electrons. The molecule has 1 heterocycles. The van der Waals surface area contributed by atoms with Crippen LogP contribution in [0.3, 0.4) is 0 Å². The highest BCUT2D eigenvalue weighted by atomic mass is 32.1. The van der Waals surface area contributed by atoms with Crippen molar-refractivity contribution in [2.75, 3.05) is 0 Å². The van der Waals surface area contributed by atoms with Crippen molar-refractivity contribution in [3.05, 3.63) is 57.5 Å². The Morgan fingerprint density at radius 1 is 1.45 bits per heavy atom. The SMILES string of the molecule is Cc1ccsc1CNC(=O)CC(O)c1cccc(F)c1. The van der Waals surface area contributed by atoms with E-state index in [0.717, 1.165) is 10.4 Å². The molecule has 0 saturated carbocycles.